The smallest absolute Gasteiger partial charge is 0.227 e. The fourth-order valence-electron chi connectivity index (χ4n) is 3.34. The quantitative estimate of drug-likeness (QED) is 0.753. The van der Waals surface area contributed by atoms with Crippen molar-refractivity contribution in [3.05, 3.63) is 0 Å². The summed E-state index contributed by atoms with van der Waals surface area (Å²) >= 11 is 0. The van der Waals surface area contributed by atoms with Crippen LogP contribution in [0.25, 0.3) is 0 Å². The molecule has 19 heavy (non-hydrogen) atoms. The number of hydrogen-bond acceptors (Lipinski definition) is 3. The molecule has 3 fully saturated rings. The SMILES string of the molecule is O=C1CC(C(=O)N2CCCC2)CN1CC1CCCO1. The predicted octanol–water partition coefficient (Wildman–Crippen LogP) is 0.636. The van der Waals surface area contributed by atoms with Gasteiger partial charge < -0.3 is 14.5 Å². The Hall–Kier alpha value is -1.10. The lowest BCUT2D eigenvalue weighted by molar-refractivity contribution is -0.134. The van der Waals surface area contributed by atoms with Crippen molar-refractivity contribution in [3.8, 4) is 0 Å². The van der Waals surface area contributed by atoms with Crippen molar-refractivity contribution in [2.75, 3.05) is 32.8 Å². The summed E-state index contributed by atoms with van der Waals surface area (Å²) in [6, 6.07) is 0. The van der Waals surface area contributed by atoms with E-state index in [0.717, 1.165) is 45.4 Å². The maximum absolute atomic E-state index is 12.3. The summed E-state index contributed by atoms with van der Waals surface area (Å²) in [6.07, 6.45) is 4.90. The van der Waals surface area contributed by atoms with Crippen molar-refractivity contribution in [3.63, 3.8) is 0 Å². The molecule has 0 spiro atoms. The largest absolute Gasteiger partial charge is 0.376 e. The van der Waals surface area contributed by atoms with Gasteiger partial charge in [-0.05, 0) is 25.7 Å². The molecular weight excluding hydrogens is 244 g/mol. The van der Waals surface area contributed by atoms with Crippen LogP contribution in [0, 0.1) is 5.92 Å². The van der Waals surface area contributed by atoms with Crippen molar-refractivity contribution < 1.29 is 14.3 Å². The van der Waals surface area contributed by atoms with E-state index in [1.165, 1.54) is 0 Å². The average Bonchev–Trinajstić information content (AvgIpc) is 3.12. The Labute approximate surface area is 113 Å². The standard InChI is InChI=1S/C14H22N2O3/c17-13-8-11(14(18)15-5-1-2-6-15)9-16(13)10-12-4-3-7-19-12/h11-12H,1-10H2. The molecule has 0 aliphatic carbocycles. The maximum Gasteiger partial charge on any atom is 0.227 e. The van der Waals surface area contributed by atoms with Gasteiger partial charge in [-0.2, -0.15) is 0 Å². The molecule has 5 nitrogen and oxygen atoms in total. The van der Waals surface area contributed by atoms with Crippen LogP contribution in [0.2, 0.25) is 0 Å². The number of rotatable bonds is 3. The lowest BCUT2D eigenvalue weighted by Crippen LogP contribution is -2.37. The van der Waals surface area contributed by atoms with E-state index in [4.69, 9.17) is 4.74 Å². The Morgan fingerprint density at radius 2 is 2.05 bits per heavy atom. The van der Waals surface area contributed by atoms with Gasteiger partial charge in [0.1, 0.15) is 0 Å². The molecular formula is C14H22N2O3. The van der Waals surface area contributed by atoms with Crippen LogP contribution in [0.3, 0.4) is 0 Å². The van der Waals surface area contributed by atoms with Crippen LogP contribution in [0.1, 0.15) is 32.1 Å². The number of carbonyl (C=O) groups is 2. The summed E-state index contributed by atoms with van der Waals surface area (Å²) < 4.78 is 5.57. The van der Waals surface area contributed by atoms with Crippen LogP contribution < -0.4 is 0 Å². The average molecular weight is 266 g/mol. The molecule has 0 radical (unpaired) electrons. The lowest BCUT2D eigenvalue weighted by Gasteiger charge is -2.22. The van der Waals surface area contributed by atoms with Gasteiger partial charge in [0.05, 0.1) is 12.0 Å². The second kappa shape index (κ2) is 5.49. The van der Waals surface area contributed by atoms with Crippen LogP contribution in [0.4, 0.5) is 0 Å². The van der Waals surface area contributed by atoms with E-state index in [2.05, 4.69) is 0 Å². The number of ether oxygens (including phenoxy) is 1. The summed E-state index contributed by atoms with van der Waals surface area (Å²) in [5, 5.41) is 0. The highest BCUT2D eigenvalue weighted by Gasteiger charge is 2.38. The summed E-state index contributed by atoms with van der Waals surface area (Å²) in [6.45, 7) is 3.81. The van der Waals surface area contributed by atoms with Gasteiger partial charge in [-0.3, -0.25) is 9.59 Å². The first-order chi connectivity index (χ1) is 9.24. The van der Waals surface area contributed by atoms with Crippen LogP contribution in [0.5, 0.6) is 0 Å². The molecule has 3 rings (SSSR count). The van der Waals surface area contributed by atoms with Gasteiger partial charge in [-0.25, -0.2) is 0 Å². The summed E-state index contributed by atoms with van der Waals surface area (Å²) in [4.78, 5) is 28.0. The number of hydrogen-bond donors (Lipinski definition) is 0. The Kier molecular flexibility index (Phi) is 3.73. The monoisotopic (exact) mass is 266 g/mol. The van der Waals surface area contributed by atoms with Gasteiger partial charge in [-0.15, -0.1) is 0 Å². The fraction of sp³-hybridized carbons (Fsp3) is 0.857. The molecule has 3 aliphatic heterocycles. The third-order valence-electron chi connectivity index (χ3n) is 4.43. The van der Waals surface area contributed by atoms with Crippen LogP contribution >= 0.6 is 0 Å². The van der Waals surface area contributed by atoms with Crippen molar-refractivity contribution in [2.45, 2.75) is 38.2 Å². The van der Waals surface area contributed by atoms with Gasteiger partial charge in [-0.1, -0.05) is 0 Å². The highest BCUT2D eigenvalue weighted by molar-refractivity contribution is 5.89. The molecule has 0 aromatic heterocycles. The first-order valence-electron chi connectivity index (χ1n) is 7.42. The van der Waals surface area contributed by atoms with Gasteiger partial charge >= 0.3 is 0 Å². The summed E-state index contributed by atoms with van der Waals surface area (Å²) in [7, 11) is 0. The van der Waals surface area contributed by atoms with E-state index in [-0.39, 0.29) is 23.8 Å². The second-order valence-electron chi connectivity index (χ2n) is 5.87. The van der Waals surface area contributed by atoms with E-state index in [9.17, 15) is 9.59 Å². The normalized spacial score (nSPS) is 31.5. The molecule has 0 saturated carbocycles. The van der Waals surface area contributed by atoms with Crippen molar-refractivity contribution in [2.24, 2.45) is 5.92 Å². The third-order valence-corrected chi connectivity index (χ3v) is 4.43. The Balaban J connectivity index is 1.54. The number of carbonyl (C=O) groups excluding carboxylic acids is 2. The first kappa shape index (κ1) is 12.9. The molecule has 0 N–H and O–H groups in total. The van der Waals surface area contributed by atoms with E-state index in [0.29, 0.717) is 19.5 Å². The minimum absolute atomic E-state index is 0.119. The highest BCUT2D eigenvalue weighted by Crippen LogP contribution is 2.24. The molecule has 2 amide bonds. The van der Waals surface area contributed by atoms with Crippen molar-refractivity contribution in [1.82, 2.24) is 9.80 Å². The minimum Gasteiger partial charge on any atom is -0.376 e. The van der Waals surface area contributed by atoms with E-state index in [1.807, 2.05) is 9.80 Å². The van der Waals surface area contributed by atoms with E-state index < -0.39 is 0 Å². The predicted molar refractivity (Wildman–Crippen MR) is 69.5 cm³/mol. The first-order valence-corrected chi connectivity index (χ1v) is 7.42. The van der Waals surface area contributed by atoms with Crippen LogP contribution in [0.15, 0.2) is 0 Å². The third kappa shape index (κ3) is 2.76. The van der Waals surface area contributed by atoms with Gasteiger partial charge in [0.15, 0.2) is 0 Å². The maximum atomic E-state index is 12.3. The Morgan fingerprint density at radius 3 is 2.74 bits per heavy atom. The molecule has 3 saturated heterocycles. The highest BCUT2D eigenvalue weighted by atomic mass is 16.5. The zero-order valence-corrected chi connectivity index (χ0v) is 11.3. The number of amides is 2. The molecule has 106 valence electrons. The van der Waals surface area contributed by atoms with Crippen LogP contribution in [-0.4, -0.2) is 60.5 Å². The lowest BCUT2D eigenvalue weighted by atomic mass is 10.1. The zero-order valence-electron chi connectivity index (χ0n) is 11.3. The summed E-state index contributed by atoms with van der Waals surface area (Å²) in [5.74, 6) is 0.181. The van der Waals surface area contributed by atoms with Crippen molar-refractivity contribution >= 4 is 11.8 Å². The molecule has 2 atom stereocenters. The van der Waals surface area contributed by atoms with E-state index in [1.54, 1.807) is 0 Å². The van der Waals surface area contributed by atoms with Gasteiger partial charge in [0, 0.05) is 39.2 Å². The van der Waals surface area contributed by atoms with Crippen molar-refractivity contribution in [1.29, 1.82) is 0 Å². The Bertz CT molecular complexity index is 360. The number of nitrogens with zero attached hydrogens (tertiary/aromatic N) is 2. The molecule has 2 unspecified atom stereocenters. The minimum atomic E-state index is -0.119. The topological polar surface area (TPSA) is 49.9 Å². The molecule has 0 bridgehead atoms. The van der Waals surface area contributed by atoms with Crippen LogP contribution in [-0.2, 0) is 14.3 Å². The zero-order chi connectivity index (χ0) is 13.2. The van der Waals surface area contributed by atoms with Gasteiger partial charge in [0.2, 0.25) is 11.8 Å². The molecule has 0 aromatic carbocycles. The molecule has 3 aliphatic rings. The van der Waals surface area contributed by atoms with Gasteiger partial charge in [0.25, 0.3) is 0 Å². The molecule has 3 heterocycles. The molecule has 5 heteroatoms. The second-order valence-corrected chi connectivity index (χ2v) is 5.87. The molecule has 0 aromatic rings. The number of likely N-dealkylation sites (tertiary alicyclic amines) is 2. The summed E-state index contributed by atoms with van der Waals surface area (Å²) in [5.41, 5.74) is 0. The fourth-order valence-corrected chi connectivity index (χ4v) is 3.34. The Morgan fingerprint density at radius 1 is 1.26 bits per heavy atom. The van der Waals surface area contributed by atoms with E-state index >= 15 is 0 Å².